The highest BCUT2D eigenvalue weighted by molar-refractivity contribution is 5.95. The van der Waals surface area contributed by atoms with Crippen LogP contribution in [0.1, 0.15) is 54.0 Å². The van der Waals surface area contributed by atoms with Crippen molar-refractivity contribution in [2.75, 3.05) is 44.3 Å². The number of hydrogen-bond acceptors (Lipinski definition) is 7. The summed E-state index contributed by atoms with van der Waals surface area (Å²) in [5.41, 5.74) is 0.240. The maximum absolute atomic E-state index is 12.8. The van der Waals surface area contributed by atoms with Crippen LogP contribution in [0, 0.1) is 0 Å². The van der Waals surface area contributed by atoms with Crippen molar-refractivity contribution < 1.29 is 28.6 Å². The van der Waals surface area contributed by atoms with Crippen molar-refractivity contribution in [1.29, 1.82) is 0 Å². The van der Waals surface area contributed by atoms with Gasteiger partial charge < -0.3 is 24.4 Å². The van der Waals surface area contributed by atoms with E-state index in [1.807, 2.05) is 31.2 Å². The molecule has 1 atom stereocenters. The summed E-state index contributed by atoms with van der Waals surface area (Å²) in [6, 6.07) is 6.53. The smallest absolute Gasteiger partial charge is 0.408 e. The largest absolute Gasteiger partial charge is 0.458 e. The first-order valence-electron chi connectivity index (χ1n) is 12.2. The molecular weight excluding hydrogens is 450 g/mol. The Morgan fingerprint density at radius 3 is 2.17 bits per heavy atom. The predicted octanol–water partition coefficient (Wildman–Crippen LogP) is 3.15. The Hall–Kier alpha value is -2.65. The number of nitrogens with zero attached hydrogens (tertiary/aromatic N) is 2. The third-order valence-corrected chi connectivity index (χ3v) is 5.13. The minimum absolute atomic E-state index is 0.0405. The van der Waals surface area contributed by atoms with E-state index in [9.17, 15) is 14.4 Å². The van der Waals surface area contributed by atoms with Crippen LogP contribution in [-0.4, -0.2) is 79.5 Å². The molecule has 2 amide bonds. The third-order valence-electron chi connectivity index (χ3n) is 5.13. The van der Waals surface area contributed by atoms with Gasteiger partial charge in [-0.3, -0.25) is 9.69 Å². The van der Waals surface area contributed by atoms with E-state index < -0.39 is 29.3 Å². The lowest BCUT2D eigenvalue weighted by molar-refractivity contribution is -0.157. The average molecular weight is 492 g/mol. The summed E-state index contributed by atoms with van der Waals surface area (Å²) >= 11 is 0. The molecule has 1 aromatic carbocycles. The van der Waals surface area contributed by atoms with Gasteiger partial charge in [-0.05, 0) is 66.2 Å². The zero-order valence-corrected chi connectivity index (χ0v) is 22.2. The summed E-state index contributed by atoms with van der Waals surface area (Å²) in [4.78, 5) is 41.7. The summed E-state index contributed by atoms with van der Waals surface area (Å²) in [5.74, 6) is -0.496. The molecule has 0 bridgehead atoms. The Balaban J connectivity index is 2.05. The molecule has 9 nitrogen and oxygen atoms in total. The molecule has 2 rings (SSSR count). The summed E-state index contributed by atoms with van der Waals surface area (Å²) < 4.78 is 16.2. The van der Waals surface area contributed by atoms with Gasteiger partial charge in [0.05, 0.1) is 13.2 Å². The van der Waals surface area contributed by atoms with Crippen LogP contribution in [0.15, 0.2) is 24.3 Å². The summed E-state index contributed by atoms with van der Waals surface area (Å²) in [6.07, 6.45) is -0.453. The quantitative estimate of drug-likeness (QED) is 0.419. The van der Waals surface area contributed by atoms with Crippen LogP contribution in [0.3, 0.4) is 0 Å². The van der Waals surface area contributed by atoms with Gasteiger partial charge in [0.15, 0.2) is 0 Å². The third kappa shape index (κ3) is 10.2. The predicted molar refractivity (Wildman–Crippen MR) is 134 cm³/mol. The van der Waals surface area contributed by atoms with E-state index in [-0.39, 0.29) is 12.3 Å². The number of rotatable bonds is 9. The van der Waals surface area contributed by atoms with Crippen LogP contribution >= 0.6 is 0 Å². The second-order valence-electron chi connectivity index (χ2n) is 10.6. The Morgan fingerprint density at radius 1 is 1.00 bits per heavy atom. The highest BCUT2D eigenvalue weighted by atomic mass is 16.6. The van der Waals surface area contributed by atoms with Crippen LogP contribution in [0.25, 0.3) is 0 Å². The second kappa shape index (κ2) is 12.4. The maximum Gasteiger partial charge on any atom is 0.408 e. The topological polar surface area (TPSA) is 97.4 Å². The number of nitrogens with one attached hydrogen (secondary N) is 1. The van der Waals surface area contributed by atoms with E-state index in [1.165, 1.54) is 0 Å². The number of hydrogen-bond donors (Lipinski definition) is 1. The minimum atomic E-state index is -0.912. The first-order chi connectivity index (χ1) is 16.3. The molecule has 9 heteroatoms. The van der Waals surface area contributed by atoms with Gasteiger partial charge >= 0.3 is 12.1 Å². The zero-order chi connectivity index (χ0) is 26.2. The van der Waals surface area contributed by atoms with Crippen molar-refractivity contribution in [3.05, 3.63) is 29.8 Å². The Labute approximate surface area is 209 Å². The summed E-state index contributed by atoms with van der Waals surface area (Å²) in [5, 5.41) is 2.64. The number of benzene rings is 1. The van der Waals surface area contributed by atoms with Crippen LogP contribution in [-0.2, 0) is 30.2 Å². The average Bonchev–Trinajstić information content (AvgIpc) is 2.72. The standard InChI is InChI=1S/C26H41N3O6/c1-8-33-16-15-28-13-14-29(22(30)18-28)20-11-9-19(10-12-20)17-21(23(31)34-25(2,3)4)27-24(32)35-26(5,6)7/h9-12,21H,8,13-18H2,1-7H3,(H,27,32). The highest BCUT2D eigenvalue weighted by Gasteiger charge is 2.29. The molecule has 0 saturated carbocycles. The number of esters is 1. The first-order valence-corrected chi connectivity index (χ1v) is 12.2. The van der Waals surface area contributed by atoms with E-state index in [0.717, 1.165) is 24.3 Å². The molecule has 0 spiro atoms. The molecule has 1 aliphatic rings. The number of amides is 2. The molecule has 196 valence electrons. The molecule has 1 heterocycles. The molecule has 1 unspecified atom stereocenters. The lowest BCUT2D eigenvalue weighted by atomic mass is 10.0. The molecule has 1 N–H and O–H groups in total. The minimum Gasteiger partial charge on any atom is -0.458 e. The fourth-order valence-corrected chi connectivity index (χ4v) is 3.59. The molecule has 0 aromatic heterocycles. The SMILES string of the molecule is CCOCCN1CCN(c2ccc(CC(NC(=O)OC(C)(C)C)C(=O)OC(C)(C)C)cc2)C(=O)C1. The van der Waals surface area contributed by atoms with E-state index >= 15 is 0 Å². The van der Waals surface area contributed by atoms with Gasteiger partial charge in [0.1, 0.15) is 17.2 Å². The Kier molecular flexibility index (Phi) is 10.1. The molecule has 1 aromatic rings. The van der Waals surface area contributed by atoms with Crippen molar-refractivity contribution in [2.24, 2.45) is 0 Å². The monoisotopic (exact) mass is 491 g/mol. The molecule has 0 aliphatic carbocycles. The number of ether oxygens (including phenoxy) is 3. The van der Waals surface area contributed by atoms with Crippen molar-refractivity contribution >= 4 is 23.7 Å². The fourth-order valence-electron chi connectivity index (χ4n) is 3.59. The lowest BCUT2D eigenvalue weighted by Gasteiger charge is -2.34. The molecule has 1 saturated heterocycles. The fraction of sp³-hybridized carbons (Fsp3) is 0.654. The summed E-state index contributed by atoms with van der Waals surface area (Å²) in [6.45, 7) is 16.3. The lowest BCUT2D eigenvalue weighted by Crippen LogP contribution is -2.51. The van der Waals surface area contributed by atoms with Gasteiger partial charge in [-0.15, -0.1) is 0 Å². The van der Waals surface area contributed by atoms with Gasteiger partial charge in [-0.1, -0.05) is 12.1 Å². The van der Waals surface area contributed by atoms with Crippen LogP contribution < -0.4 is 10.2 Å². The first kappa shape index (κ1) is 28.6. The van der Waals surface area contributed by atoms with E-state index in [1.54, 1.807) is 46.4 Å². The number of carbonyl (C=O) groups excluding carboxylic acids is 3. The van der Waals surface area contributed by atoms with Gasteiger partial charge in [-0.2, -0.15) is 0 Å². The van der Waals surface area contributed by atoms with Gasteiger partial charge in [-0.25, -0.2) is 9.59 Å². The molecule has 0 radical (unpaired) electrons. The van der Waals surface area contributed by atoms with Crippen LogP contribution in [0.5, 0.6) is 0 Å². The number of piperazine rings is 1. The Bertz CT molecular complexity index is 857. The molecule has 35 heavy (non-hydrogen) atoms. The number of alkyl carbamates (subject to hydrolysis) is 1. The van der Waals surface area contributed by atoms with Crippen molar-refractivity contribution in [3.63, 3.8) is 0 Å². The highest BCUT2D eigenvalue weighted by Crippen LogP contribution is 2.20. The van der Waals surface area contributed by atoms with E-state index in [2.05, 4.69) is 10.2 Å². The van der Waals surface area contributed by atoms with E-state index in [4.69, 9.17) is 14.2 Å². The Morgan fingerprint density at radius 2 is 1.63 bits per heavy atom. The molecule has 1 aliphatic heterocycles. The normalized spacial score (nSPS) is 16.1. The summed E-state index contributed by atoms with van der Waals surface area (Å²) in [7, 11) is 0. The number of carbonyl (C=O) groups is 3. The molecular formula is C26H41N3O6. The van der Waals surface area contributed by atoms with Crippen LogP contribution in [0.2, 0.25) is 0 Å². The van der Waals surface area contributed by atoms with Crippen molar-refractivity contribution in [3.8, 4) is 0 Å². The van der Waals surface area contributed by atoms with Gasteiger partial charge in [0, 0.05) is 38.3 Å². The molecule has 1 fully saturated rings. The van der Waals surface area contributed by atoms with Crippen LogP contribution in [0.4, 0.5) is 10.5 Å². The van der Waals surface area contributed by atoms with Crippen molar-refractivity contribution in [1.82, 2.24) is 10.2 Å². The second-order valence-corrected chi connectivity index (χ2v) is 10.6. The zero-order valence-electron chi connectivity index (χ0n) is 22.2. The van der Waals surface area contributed by atoms with Gasteiger partial charge in [0.25, 0.3) is 0 Å². The van der Waals surface area contributed by atoms with Crippen molar-refractivity contribution in [2.45, 2.75) is 72.1 Å². The number of anilines is 1. The van der Waals surface area contributed by atoms with E-state index in [0.29, 0.717) is 26.3 Å². The maximum atomic E-state index is 12.8. The van der Waals surface area contributed by atoms with Gasteiger partial charge in [0.2, 0.25) is 5.91 Å².